The molecule has 5 heteroatoms. The number of furan rings is 1. The van der Waals surface area contributed by atoms with Gasteiger partial charge in [-0.25, -0.2) is 15.0 Å². The molecule has 0 aliphatic carbocycles. The summed E-state index contributed by atoms with van der Waals surface area (Å²) in [6.07, 6.45) is 0. The summed E-state index contributed by atoms with van der Waals surface area (Å²) in [5.41, 5.74) is 8.99. The van der Waals surface area contributed by atoms with Gasteiger partial charge in [0.05, 0.1) is 11.6 Å². The molecular formula is C44H26N4O. The lowest BCUT2D eigenvalue weighted by molar-refractivity contribution is 0.669. The molecule has 5 nitrogen and oxygen atoms in total. The SMILES string of the molecule is N#Cc1ccccc1-c1ccc(-c2nc(-c3ccccc3)nc(-c3ccc4c(c3)oc3cccc(-c5ccccc5)c34)n2)c2ccccc12. The van der Waals surface area contributed by atoms with Crippen molar-refractivity contribution in [3.8, 4) is 62.5 Å². The van der Waals surface area contributed by atoms with E-state index in [2.05, 4.69) is 66.7 Å². The second-order valence-electron chi connectivity index (χ2n) is 11.9. The minimum absolute atomic E-state index is 0.553. The van der Waals surface area contributed by atoms with Crippen LogP contribution in [-0.2, 0) is 0 Å². The van der Waals surface area contributed by atoms with Gasteiger partial charge in [0.15, 0.2) is 17.5 Å². The van der Waals surface area contributed by atoms with Crippen LogP contribution in [0.3, 0.4) is 0 Å². The molecule has 49 heavy (non-hydrogen) atoms. The number of rotatable bonds is 5. The van der Waals surface area contributed by atoms with Crippen LogP contribution >= 0.6 is 0 Å². The zero-order valence-corrected chi connectivity index (χ0v) is 26.2. The first-order valence-corrected chi connectivity index (χ1v) is 16.1. The van der Waals surface area contributed by atoms with Crippen LogP contribution < -0.4 is 0 Å². The smallest absolute Gasteiger partial charge is 0.164 e. The average molecular weight is 627 g/mol. The molecule has 0 atom stereocenters. The minimum Gasteiger partial charge on any atom is -0.456 e. The third-order valence-corrected chi connectivity index (χ3v) is 9.01. The number of benzene rings is 7. The van der Waals surface area contributed by atoms with Crippen LogP contribution in [0.5, 0.6) is 0 Å². The van der Waals surface area contributed by atoms with Crippen LogP contribution in [0, 0.1) is 11.3 Å². The molecule has 0 unspecified atom stereocenters. The van der Waals surface area contributed by atoms with Gasteiger partial charge in [0, 0.05) is 33.0 Å². The lowest BCUT2D eigenvalue weighted by Crippen LogP contribution is -2.01. The fourth-order valence-corrected chi connectivity index (χ4v) is 6.71. The van der Waals surface area contributed by atoms with Crippen LogP contribution in [-0.4, -0.2) is 15.0 Å². The van der Waals surface area contributed by atoms with Gasteiger partial charge in [0.25, 0.3) is 0 Å². The normalized spacial score (nSPS) is 11.2. The molecule has 0 fully saturated rings. The summed E-state index contributed by atoms with van der Waals surface area (Å²) in [4.78, 5) is 15.1. The maximum absolute atomic E-state index is 9.85. The van der Waals surface area contributed by atoms with Crippen molar-refractivity contribution in [3.63, 3.8) is 0 Å². The minimum atomic E-state index is 0.553. The lowest BCUT2D eigenvalue weighted by Gasteiger charge is -2.13. The van der Waals surface area contributed by atoms with Gasteiger partial charge in [-0.2, -0.15) is 5.26 Å². The third-order valence-electron chi connectivity index (χ3n) is 9.01. The number of nitriles is 1. The zero-order chi connectivity index (χ0) is 32.7. The zero-order valence-electron chi connectivity index (χ0n) is 26.2. The summed E-state index contributed by atoms with van der Waals surface area (Å²) < 4.78 is 6.44. The van der Waals surface area contributed by atoms with Crippen LogP contribution in [0.2, 0.25) is 0 Å². The Morgan fingerprint density at radius 3 is 1.80 bits per heavy atom. The van der Waals surface area contributed by atoms with Crippen molar-refractivity contribution in [2.75, 3.05) is 0 Å². The molecule has 228 valence electrons. The van der Waals surface area contributed by atoms with Gasteiger partial charge in [-0.3, -0.25) is 0 Å². The van der Waals surface area contributed by atoms with Gasteiger partial charge < -0.3 is 4.42 Å². The van der Waals surface area contributed by atoms with Crippen LogP contribution in [0.15, 0.2) is 162 Å². The molecule has 9 rings (SSSR count). The highest BCUT2D eigenvalue weighted by Crippen LogP contribution is 2.39. The highest BCUT2D eigenvalue weighted by atomic mass is 16.3. The summed E-state index contributed by atoms with van der Waals surface area (Å²) in [5, 5.41) is 14.0. The van der Waals surface area contributed by atoms with Crippen molar-refractivity contribution < 1.29 is 4.42 Å². The molecule has 0 radical (unpaired) electrons. The van der Waals surface area contributed by atoms with E-state index in [1.54, 1.807) is 0 Å². The van der Waals surface area contributed by atoms with Gasteiger partial charge in [-0.05, 0) is 57.8 Å². The monoisotopic (exact) mass is 626 g/mol. The molecule has 0 saturated carbocycles. The molecule has 2 aromatic heterocycles. The predicted molar refractivity (Wildman–Crippen MR) is 197 cm³/mol. The van der Waals surface area contributed by atoms with E-state index in [9.17, 15) is 5.26 Å². The number of nitrogens with zero attached hydrogens (tertiary/aromatic N) is 4. The molecule has 0 bridgehead atoms. The largest absolute Gasteiger partial charge is 0.456 e. The Labute approximate surface area is 282 Å². The first-order chi connectivity index (χ1) is 24.2. The first kappa shape index (κ1) is 28.3. The van der Waals surface area contributed by atoms with Crippen LogP contribution in [0.25, 0.3) is 89.1 Å². The Kier molecular flexibility index (Phi) is 6.78. The number of aromatic nitrogens is 3. The van der Waals surface area contributed by atoms with Gasteiger partial charge in [-0.15, -0.1) is 0 Å². The summed E-state index contributed by atoms with van der Waals surface area (Å²) in [7, 11) is 0. The van der Waals surface area contributed by atoms with Crippen molar-refractivity contribution in [2.45, 2.75) is 0 Å². The van der Waals surface area contributed by atoms with Crippen LogP contribution in [0.1, 0.15) is 5.56 Å². The molecule has 0 N–H and O–H groups in total. The Hall–Kier alpha value is -6.90. The highest BCUT2D eigenvalue weighted by molar-refractivity contribution is 6.13. The van der Waals surface area contributed by atoms with E-state index in [-0.39, 0.29) is 0 Å². The van der Waals surface area contributed by atoms with E-state index in [0.29, 0.717) is 23.0 Å². The van der Waals surface area contributed by atoms with E-state index in [0.717, 1.165) is 71.7 Å². The number of hydrogen-bond acceptors (Lipinski definition) is 5. The van der Waals surface area contributed by atoms with Crippen molar-refractivity contribution in [1.29, 1.82) is 5.26 Å². The second kappa shape index (κ2) is 11.7. The fraction of sp³-hybridized carbons (Fsp3) is 0. The molecule has 0 amide bonds. The van der Waals surface area contributed by atoms with E-state index >= 15 is 0 Å². The predicted octanol–water partition coefficient (Wildman–Crippen LogP) is 11.1. The van der Waals surface area contributed by atoms with E-state index in [1.807, 2.05) is 97.1 Å². The van der Waals surface area contributed by atoms with Gasteiger partial charge in [0.2, 0.25) is 0 Å². The lowest BCUT2D eigenvalue weighted by atomic mass is 9.92. The fourth-order valence-electron chi connectivity index (χ4n) is 6.71. The molecule has 9 aromatic rings. The van der Waals surface area contributed by atoms with Gasteiger partial charge in [0.1, 0.15) is 11.2 Å². The van der Waals surface area contributed by atoms with Gasteiger partial charge >= 0.3 is 0 Å². The second-order valence-corrected chi connectivity index (χ2v) is 11.9. The Morgan fingerprint density at radius 2 is 1.02 bits per heavy atom. The highest BCUT2D eigenvalue weighted by Gasteiger charge is 2.19. The molecule has 0 saturated heterocycles. The molecule has 0 spiro atoms. The summed E-state index contributed by atoms with van der Waals surface area (Å²) in [5.74, 6) is 1.70. The Bertz CT molecular complexity index is 2730. The Morgan fingerprint density at radius 1 is 0.408 bits per heavy atom. The summed E-state index contributed by atoms with van der Waals surface area (Å²) >= 11 is 0. The summed E-state index contributed by atoms with van der Waals surface area (Å²) in [6, 6.07) is 55.1. The molecule has 0 aliphatic heterocycles. The van der Waals surface area contributed by atoms with Crippen LogP contribution in [0.4, 0.5) is 0 Å². The maximum atomic E-state index is 9.85. The molecule has 7 aromatic carbocycles. The van der Waals surface area contributed by atoms with Crippen molar-refractivity contribution in [1.82, 2.24) is 15.0 Å². The van der Waals surface area contributed by atoms with E-state index in [4.69, 9.17) is 19.4 Å². The van der Waals surface area contributed by atoms with Crippen molar-refractivity contribution in [2.24, 2.45) is 0 Å². The van der Waals surface area contributed by atoms with E-state index < -0.39 is 0 Å². The maximum Gasteiger partial charge on any atom is 0.164 e. The molecule has 2 heterocycles. The third kappa shape index (κ3) is 4.91. The molecular weight excluding hydrogens is 601 g/mol. The topological polar surface area (TPSA) is 75.6 Å². The average Bonchev–Trinajstić information content (AvgIpc) is 3.56. The summed E-state index contributed by atoms with van der Waals surface area (Å²) in [6.45, 7) is 0. The van der Waals surface area contributed by atoms with Gasteiger partial charge in [-0.1, -0.05) is 127 Å². The molecule has 0 aliphatic rings. The Balaban J connectivity index is 1.24. The number of hydrogen-bond donors (Lipinski definition) is 0. The van der Waals surface area contributed by atoms with Crippen molar-refractivity contribution in [3.05, 3.63) is 163 Å². The quantitative estimate of drug-likeness (QED) is 0.190. The van der Waals surface area contributed by atoms with E-state index in [1.165, 1.54) is 0 Å². The standard InChI is InChI=1S/C44H26N4O/c45-27-31-16-7-8-17-32(31)36-24-25-37(35-19-10-9-18-34(35)36)44-47-42(29-14-5-2-6-15-29)46-43(48-44)30-22-23-38-40(26-30)49-39-21-11-20-33(41(38)39)28-12-3-1-4-13-28/h1-26H. The van der Waals surface area contributed by atoms with Crippen molar-refractivity contribution >= 4 is 32.7 Å². The first-order valence-electron chi connectivity index (χ1n) is 16.1. The number of fused-ring (bicyclic) bond motifs is 4.